The maximum atomic E-state index is 12.8. The van der Waals surface area contributed by atoms with E-state index in [-0.39, 0.29) is 5.91 Å². The molecule has 0 aliphatic rings. The number of ether oxygens (including phenoxy) is 1. The van der Waals surface area contributed by atoms with E-state index in [1.165, 1.54) is 0 Å². The number of hydrogen-bond acceptors (Lipinski definition) is 5. The Balaban J connectivity index is 1.50. The van der Waals surface area contributed by atoms with Crippen LogP contribution in [0, 0.1) is 13.8 Å². The molecule has 0 saturated heterocycles. The van der Waals surface area contributed by atoms with E-state index >= 15 is 0 Å². The predicted octanol–water partition coefficient (Wildman–Crippen LogP) is 4.82. The Bertz CT molecular complexity index is 1280. The highest BCUT2D eigenvalue weighted by molar-refractivity contribution is 5.99. The van der Waals surface area contributed by atoms with Gasteiger partial charge in [-0.25, -0.2) is 9.78 Å². The normalized spacial score (nSPS) is 11.8. The molecule has 0 aliphatic carbocycles. The van der Waals surface area contributed by atoms with E-state index in [0.717, 1.165) is 22.2 Å². The SMILES string of the molecule is CCC(OC(=O)c1ccc2nc(-c3cccnc3)[nH]c2c1)C(=O)Nc1cccc(C)c1C. The summed E-state index contributed by atoms with van der Waals surface area (Å²) in [6.45, 7) is 5.73. The Morgan fingerprint density at radius 3 is 2.72 bits per heavy atom. The van der Waals surface area contributed by atoms with Gasteiger partial charge in [0.2, 0.25) is 0 Å². The number of carbonyl (C=O) groups is 2. The van der Waals surface area contributed by atoms with Crippen molar-refractivity contribution < 1.29 is 14.3 Å². The number of carbonyl (C=O) groups excluding carboxylic acids is 2. The number of nitrogens with one attached hydrogen (secondary N) is 2. The molecule has 7 nitrogen and oxygen atoms in total. The van der Waals surface area contributed by atoms with Crippen LogP contribution >= 0.6 is 0 Å². The van der Waals surface area contributed by atoms with E-state index in [2.05, 4.69) is 20.3 Å². The number of hydrogen-bond donors (Lipinski definition) is 2. The van der Waals surface area contributed by atoms with Crippen LogP contribution in [-0.4, -0.2) is 32.9 Å². The molecular weight excluding hydrogens is 404 g/mol. The zero-order valence-electron chi connectivity index (χ0n) is 18.2. The molecule has 0 bridgehead atoms. The van der Waals surface area contributed by atoms with Crippen molar-refractivity contribution in [1.29, 1.82) is 0 Å². The summed E-state index contributed by atoms with van der Waals surface area (Å²) in [6, 6.07) is 14.5. The van der Waals surface area contributed by atoms with Crippen molar-refractivity contribution in [3.63, 3.8) is 0 Å². The molecule has 0 fully saturated rings. The van der Waals surface area contributed by atoms with Crippen molar-refractivity contribution in [2.24, 2.45) is 0 Å². The molecule has 162 valence electrons. The number of pyridine rings is 1. The van der Waals surface area contributed by atoms with Gasteiger partial charge < -0.3 is 15.0 Å². The van der Waals surface area contributed by atoms with Crippen molar-refractivity contribution >= 4 is 28.6 Å². The second-order valence-corrected chi connectivity index (χ2v) is 7.60. The van der Waals surface area contributed by atoms with Crippen LogP contribution in [0.2, 0.25) is 0 Å². The summed E-state index contributed by atoms with van der Waals surface area (Å²) in [5, 5.41) is 2.87. The van der Waals surface area contributed by atoms with Crippen molar-refractivity contribution in [2.45, 2.75) is 33.3 Å². The highest BCUT2D eigenvalue weighted by Gasteiger charge is 2.23. The molecule has 32 heavy (non-hydrogen) atoms. The Labute approximate surface area is 185 Å². The highest BCUT2D eigenvalue weighted by Crippen LogP contribution is 2.22. The van der Waals surface area contributed by atoms with Gasteiger partial charge in [0.1, 0.15) is 5.82 Å². The number of nitrogens with zero attached hydrogens (tertiary/aromatic N) is 2. The zero-order chi connectivity index (χ0) is 22.7. The van der Waals surface area contributed by atoms with Crippen LogP contribution in [0.3, 0.4) is 0 Å². The zero-order valence-corrected chi connectivity index (χ0v) is 18.2. The minimum atomic E-state index is -0.897. The molecule has 1 unspecified atom stereocenters. The molecule has 7 heteroatoms. The van der Waals surface area contributed by atoms with E-state index in [9.17, 15) is 9.59 Å². The van der Waals surface area contributed by atoms with E-state index in [0.29, 0.717) is 29.0 Å². The van der Waals surface area contributed by atoms with Crippen molar-refractivity contribution in [1.82, 2.24) is 15.0 Å². The summed E-state index contributed by atoms with van der Waals surface area (Å²) >= 11 is 0. The molecule has 2 N–H and O–H groups in total. The third kappa shape index (κ3) is 4.37. The van der Waals surface area contributed by atoms with Gasteiger partial charge in [-0.3, -0.25) is 9.78 Å². The van der Waals surface area contributed by atoms with Gasteiger partial charge in [-0.15, -0.1) is 0 Å². The summed E-state index contributed by atoms with van der Waals surface area (Å²) in [7, 11) is 0. The van der Waals surface area contributed by atoms with Gasteiger partial charge in [0.15, 0.2) is 6.10 Å². The molecule has 2 aromatic heterocycles. The molecule has 4 aromatic rings. The fourth-order valence-electron chi connectivity index (χ4n) is 3.40. The van der Waals surface area contributed by atoms with Gasteiger partial charge >= 0.3 is 5.97 Å². The molecule has 1 atom stereocenters. The van der Waals surface area contributed by atoms with Crippen LogP contribution in [-0.2, 0) is 9.53 Å². The molecule has 0 aliphatic heterocycles. The van der Waals surface area contributed by atoms with Gasteiger partial charge in [0, 0.05) is 23.6 Å². The molecular formula is C25H24N4O3. The number of esters is 1. The summed E-state index contributed by atoms with van der Waals surface area (Å²) in [5.74, 6) is -0.249. The number of aryl methyl sites for hydroxylation is 1. The lowest BCUT2D eigenvalue weighted by atomic mass is 10.1. The van der Waals surface area contributed by atoms with E-state index in [4.69, 9.17) is 4.74 Å². The first-order chi connectivity index (χ1) is 15.5. The maximum absolute atomic E-state index is 12.8. The number of anilines is 1. The summed E-state index contributed by atoms with van der Waals surface area (Å²) in [5.41, 5.74) is 5.39. The van der Waals surface area contributed by atoms with Crippen LogP contribution in [0.5, 0.6) is 0 Å². The number of aromatic amines is 1. The van der Waals surface area contributed by atoms with Gasteiger partial charge in [0.25, 0.3) is 5.91 Å². The monoisotopic (exact) mass is 428 g/mol. The quantitative estimate of drug-likeness (QED) is 0.429. The van der Waals surface area contributed by atoms with Crippen LogP contribution in [0.15, 0.2) is 60.9 Å². The standard InChI is InChI=1S/C25H24N4O3/c1-4-22(24(30)29-19-9-5-7-15(2)16(19)3)32-25(31)17-10-11-20-21(13-17)28-23(27-20)18-8-6-12-26-14-18/h5-14,22H,4H2,1-3H3,(H,27,28)(H,29,30). The smallest absolute Gasteiger partial charge is 0.338 e. The number of amides is 1. The lowest BCUT2D eigenvalue weighted by Gasteiger charge is -2.17. The Morgan fingerprint density at radius 1 is 1.12 bits per heavy atom. The first-order valence-electron chi connectivity index (χ1n) is 10.4. The Kier molecular flexibility index (Phi) is 5.98. The number of aromatic nitrogens is 3. The van der Waals surface area contributed by atoms with Gasteiger partial charge in [-0.05, 0) is 67.8 Å². The molecule has 1 amide bonds. The number of H-pyrrole nitrogens is 1. The van der Waals surface area contributed by atoms with Crippen molar-refractivity contribution in [3.05, 3.63) is 77.6 Å². The molecule has 0 saturated carbocycles. The number of imidazole rings is 1. The average molecular weight is 428 g/mol. The highest BCUT2D eigenvalue weighted by atomic mass is 16.5. The second-order valence-electron chi connectivity index (χ2n) is 7.60. The Morgan fingerprint density at radius 2 is 1.97 bits per heavy atom. The molecule has 4 rings (SSSR count). The van der Waals surface area contributed by atoms with Crippen LogP contribution < -0.4 is 5.32 Å². The van der Waals surface area contributed by atoms with E-state index < -0.39 is 12.1 Å². The third-order valence-corrected chi connectivity index (χ3v) is 5.43. The van der Waals surface area contributed by atoms with Gasteiger partial charge in [-0.2, -0.15) is 0 Å². The molecule has 0 radical (unpaired) electrons. The fourth-order valence-corrected chi connectivity index (χ4v) is 3.40. The summed E-state index contributed by atoms with van der Waals surface area (Å²) < 4.78 is 5.53. The summed E-state index contributed by atoms with van der Waals surface area (Å²) in [6.07, 6.45) is 2.87. The lowest BCUT2D eigenvalue weighted by molar-refractivity contribution is -0.124. The fraction of sp³-hybridized carbons (Fsp3) is 0.200. The van der Waals surface area contributed by atoms with E-state index in [1.807, 2.05) is 44.2 Å². The van der Waals surface area contributed by atoms with Crippen molar-refractivity contribution in [3.8, 4) is 11.4 Å². The largest absolute Gasteiger partial charge is 0.449 e. The molecule has 2 aromatic carbocycles. The maximum Gasteiger partial charge on any atom is 0.338 e. The predicted molar refractivity (Wildman–Crippen MR) is 123 cm³/mol. The van der Waals surface area contributed by atoms with Gasteiger partial charge in [-0.1, -0.05) is 19.1 Å². The molecule has 0 spiro atoms. The topological polar surface area (TPSA) is 97.0 Å². The van der Waals surface area contributed by atoms with Crippen molar-refractivity contribution in [2.75, 3.05) is 5.32 Å². The Hall–Kier alpha value is -4.00. The number of rotatable bonds is 6. The van der Waals surface area contributed by atoms with E-state index in [1.54, 1.807) is 37.5 Å². The van der Waals surface area contributed by atoms with Crippen LogP contribution in [0.1, 0.15) is 34.8 Å². The third-order valence-electron chi connectivity index (χ3n) is 5.43. The van der Waals surface area contributed by atoms with Gasteiger partial charge in [0.05, 0.1) is 16.6 Å². The number of benzene rings is 2. The second kappa shape index (κ2) is 9.01. The summed E-state index contributed by atoms with van der Waals surface area (Å²) in [4.78, 5) is 37.3. The minimum absolute atomic E-state index is 0.344. The van der Waals surface area contributed by atoms with Crippen LogP contribution in [0.25, 0.3) is 22.4 Å². The average Bonchev–Trinajstić information content (AvgIpc) is 3.24. The van der Waals surface area contributed by atoms with Crippen LogP contribution in [0.4, 0.5) is 5.69 Å². The molecule has 2 heterocycles. The first-order valence-corrected chi connectivity index (χ1v) is 10.4. The first kappa shape index (κ1) is 21.2. The lowest BCUT2D eigenvalue weighted by Crippen LogP contribution is -2.32. The number of fused-ring (bicyclic) bond motifs is 1. The minimum Gasteiger partial charge on any atom is -0.449 e.